The predicted octanol–water partition coefficient (Wildman–Crippen LogP) is 0.807. The van der Waals surface area contributed by atoms with Crippen molar-refractivity contribution in [2.24, 2.45) is 5.14 Å². The molecule has 0 aliphatic carbocycles. The first-order chi connectivity index (χ1) is 11.7. The van der Waals surface area contributed by atoms with E-state index in [0.29, 0.717) is 32.0 Å². The Labute approximate surface area is 146 Å². The van der Waals surface area contributed by atoms with Crippen LogP contribution in [0.5, 0.6) is 0 Å². The molecule has 3 rings (SSSR count). The Hall–Kier alpha value is -1.68. The van der Waals surface area contributed by atoms with E-state index in [1.165, 1.54) is 12.1 Å². The maximum atomic E-state index is 11.7. The number of morpholine rings is 1. The Morgan fingerprint density at radius 3 is 2.80 bits per heavy atom. The molecule has 8 nitrogen and oxygen atoms in total. The second-order valence-corrected chi connectivity index (χ2v) is 8.10. The molecule has 2 unspecified atom stereocenters. The number of carboxylic acid groups (broad SMARTS) is 1. The Morgan fingerprint density at radius 2 is 2.24 bits per heavy atom. The van der Waals surface area contributed by atoms with Crippen molar-refractivity contribution in [3.8, 4) is 0 Å². The summed E-state index contributed by atoms with van der Waals surface area (Å²) in [6.45, 7) is 4.13. The lowest BCUT2D eigenvalue weighted by Gasteiger charge is -2.45. The molecule has 2 atom stereocenters. The van der Waals surface area contributed by atoms with Gasteiger partial charge < -0.3 is 19.5 Å². The molecule has 0 bridgehead atoms. The van der Waals surface area contributed by atoms with Crippen LogP contribution in [-0.2, 0) is 19.5 Å². The van der Waals surface area contributed by atoms with Gasteiger partial charge in [-0.25, -0.2) is 18.4 Å². The molecule has 0 saturated carbocycles. The number of ether oxygens (including phenoxy) is 2. The first-order valence-electron chi connectivity index (χ1n) is 8.15. The normalized spacial score (nSPS) is 27.0. The Morgan fingerprint density at radius 1 is 1.48 bits per heavy atom. The molecule has 1 aromatic carbocycles. The van der Waals surface area contributed by atoms with Crippen molar-refractivity contribution in [3.63, 3.8) is 0 Å². The zero-order valence-electron chi connectivity index (χ0n) is 14.0. The summed E-state index contributed by atoms with van der Waals surface area (Å²) >= 11 is 0. The van der Waals surface area contributed by atoms with E-state index in [0.717, 1.165) is 18.9 Å². The molecule has 2 aliphatic heterocycles. The van der Waals surface area contributed by atoms with Gasteiger partial charge in [0.25, 0.3) is 0 Å². The molecule has 2 heterocycles. The summed E-state index contributed by atoms with van der Waals surface area (Å²) in [5, 5.41) is 14.7. The lowest BCUT2D eigenvalue weighted by molar-refractivity contribution is -0.107. The lowest BCUT2D eigenvalue weighted by Crippen LogP contribution is -2.56. The highest BCUT2D eigenvalue weighted by Gasteiger charge is 2.44. The molecule has 2 saturated heterocycles. The topological polar surface area (TPSA) is 119 Å². The number of nitrogens with zero attached hydrogens (tertiary/aromatic N) is 1. The highest BCUT2D eigenvalue weighted by molar-refractivity contribution is 7.89. The third kappa shape index (κ3) is 3.64. The number of rotatable bonds is 4. The number of carboxylic acids is 1. The third-order valence-electron chi connectivity index (χ3n) is 4.71. The maximum Gasteiger partial charge on any atom is 0.337 e. The van der Waals surface area contributed by atoms with Gasteiger partial charge in [-0.3, -0.25) is 0 Å². The summed E-state index contributed by atoms with van der Waals surface area (Å²) in [6, 6.07) is 3.96. The molecule has 0 radical (unpaired) electrons. The van der Waals surface area contributed by atoms with Gasteiger partial charge in [-0.1, -0.05) is 6.92 Å². The van der Waals surface area contributed by atoms with Crippen LogP contribution >= 0.6 is 0 Å². The van der Waals surface area contributed by atoms with Crippen LogP contribution in [0.4, 0.5) is 5.69 Å². The summed E-state index contributed by atoms with van der Waals surface area (Å²) in [5.41, 5.74) is -0.0712. The summed E-state index contributed by atoms with van der Waals surface area (Å²) in [4.78, 5) is 13.4. The SMILES string of the molecule is CCC1CN(c2ccc(S(N)(=O)=O)cc2C(=O)O)CC2(CCOC2)O1. The van der Waals surface area contributed by atoms with E-state index >= 15 is 0 Å². The lowest BCUT2D eigenvalue weighted by atomic mass is 9.97. The minimum atomic E-state index is -3.97. The van der Waals surface area contributed by atoms with Crippen LogP contribution in [0.3, 0.4) is 0 Å². The average molecular weight is 370 g/mol. The van der Waals surface area contributed by atoms with Gasteiger partial charge in [-0.2, -0.15) is 0 Å². The monoisotopic (exact) mass is 370 g/mol. The van der Waals surface area contributed by atoms with Crippen LogP contribution in [0.25, 0.3) is 0 Å². The van der Waals surface area contributed by atoms with Crippen molar-refractivity contribution in [1.82, 2.24) is 0 Å². The standard InChI is InChI=1S/C16H22N2O6S/c1-2-11-8-18(9-16(24-11)5-6-23-10-16)14-4-3-12(25(17,21)22)7-13(14)15(19)20/h3-4,7,11H,2,5-6,8-10H2,1H3,(H,19,20)(H2,17,21,22). The molecule has 0 amide bonds. The van der Waals surface area contributed by atoms with Crippen molar-refractivity contribution < 1.29 is 27.8 Å². The van der Waals surface area contributed by atoms with Crippen molar-refractivity contribution in [1.29, 1.82) is 0 Å². The zero-order chi connectivity index (χ0) is 18.2. The largest absolute Gasteiger partial charge is 0.478 e. The number of carbonyl (C=O) groups is 1. The van der Waals surface area contributed by atoms with Gasteiger partial charge in [0.2, 0.25) is 10.0 Å². The quantitative estimate of drug-likeness (QED) is 0.805. The number of benzene rings is 1. The number of nitrogens with two attached hydrogens (primary N) is 1. The van der Waals surface area contributed by atoms with Gasteiger partial charge in [0.1, 0.15) is 5.60 Å². The van der Waals surface area contributed by atoms with Crippen molar-refractivity contribution in [3.05, 3.63) is 23.8 Å². The zero-order valence-corrected chi connectivity index (χ0v) is 14.8. The molecular formula is C16H22N2O6S. The van der Waals surface area contributed by atoms with Crippen LogP contribution in [-0.4, -0.2) is 57.5 Å². The summed E-state index contributed by atoms with van der Waals surface area (Å²) in [5.74, 6) is -1.20. The molecule has 138 valence electrons. The summed E-state index contributed by atoms with van der Waals surface area (Å²) in [6.07, 6.45) is 1.49. The highest BCUT2D eigenvalue weighted by atomic mass is 32.2. The summed E-state index contributed by atoms with van der Waals surface area (Å²) in [7, 11) is -3.97. The van der Waals surface area contributed by atoms with Crippen LogP contribution in [0, 0.1) is 0 Å². The van der Waals surface area contributed by atoms with E-state index in [4.69, 9.17) is 14.6 Å². The van der Waals surface area contributed by atoms with Crippen LogP contribution < -0.4 is 10.0 Å². The minimum absolute atomic E-state index is 0.0463. The van der Waals surface area contributed by atoms with Crippen LogP contribution in [0.2, 0.25) is 0 Å². The second kappa shape index (κ2) is 6.56. The van der Waals surface area contributed by atoms with Gasteiger partial charge >= 0.3 is 5.97 Å². The number of hydrogen-bond acceptors (Lipinski definition) is 6. The van der Waals surface area contributed by atoms with Gasteiger partial charge in [0, 0.05) is 26.1 Å². The molecule has 0 aromatic heterocycles. The second-order valence-electron chi connectivity index (χ2n) is 6.54. The maximum absolute atomic E-state index is 11.7. The fraction of sp³-hybridized carbons (Fsp3) is 0.562. The summed E-state index contributed by atoms with van der Waals surface area (Å²) < 4.78 is 34.7. The highest BCUT2D eigenvalue weighted by Crippen LogP contribution is 2.35. The van der Waals surface area contributed by atoms with Gasteiger partial charge in [0.15, 0.2) is 0 Å². The van der Waals surface area contributed by atoms with Crippen molar-refractivity contribution >= 4 is 21.7 Å². The number of anilines is 1. The van der Waals surface area contributed by atoms with E-state index in [2.05, 4.69) is 0 Å². The van der Waals surface area contributed by atoms with Crippen LogP contribution in [0.15, 0.2) is 23.1 Å². The Bertz CT molecular complexity index is 773. The minimum Gasteiger partial charge on any atom is -0.478 e. The average Bonchev–Trinajstić information content (AvgIpc) is 3.00. The van der Waals surface area contributed by atoms with Crippen molar-refractivity contribution in [2.75, 3.05) is 31.2 Å². The molecule has 9 heteroatoms. The van der Waals surface area contributed by atoms with E-state index in [-0.39, 0.29) is 16.6 Å². The molecule has 3 N–H and O–H groups in total. The fourth-order valence-corrected chi connectivity index (χ4v) is 3.97. The number of hydrogen-bond donors (Lipinski definition) is 2. The van der Waals surface area contributed by atoms with E-state index in [1.807, 2.05) is 11.8 Å². The van der Waals surface area contributed by atoms with E-state index < -0.39 is 21.6 Å². The molecule has 1 aromatic rings. The van der Waals surface area contributed by atoms with Crippen LogP contribution in [0.1, 0.15) is 30.1 Å². The first-order valence-corrected chi connectivity index (χ1v) is 9.69. The predicted molar refractivity (Wildman–Crippen MR) is 90.3 cm³/mol. The van der Waals surface area contributed by atoms with Gasteiger partial charge in [-0.05, 0) is 24.6 Å². The third-order valence-corrected chi connectivity index (χ3v) is 5.62. The van der Waals surface area contributed by atoms with Gasteiger partial charge in [-0.15, -0.1) is 0 Å². The molecule has 25 heavy (non-hydrogen) atoms. The molecule has 2 fully saturated rings. The molecule has 1 spiro atoms. The number of aromatic carboxylic acids is 1. The van der Waals surface area contributed by atoms with E-state index in [1.54, 1.807) is 0 Å². The van der Waals surface area contributed by atoms with Gasteiger partial charge in [0.05, 0.1) is 28.9 Å². The number of sulfonamides is 1. The molecular weight excluding hydrogens is 348 g/mol. The Kier molecular flexibility index (Phi) is 4.76. The fourth-order valence-electron chi connectivity index (χ4n) is 3.43. The number of primary sulfonamides is 1. The first kappa shape index (κ1) is 18.1. The Balaban J connectivity index is 2.00. The molecule has 2 aliphatic rings. The van der Waals surface area contributed by atoms with Crippen molar-refractivity contribution in [2.45, 2.75) is 36.4 Å². The smallest absolute Gasteiger partial charge is 0.337 e. The van der Waals surface area contributed by atoms with E-state index in [9.17, 15) is 18.3 Å².